The summed E-state index contributed by atoms with van der Waals surface area (Å²) in [6, 6.07) is 0. The van der Waals surface area contributed by atoms with Gasteiger partial charge in [0.2, 0.25) is 0 Å². The lowest BCUT2D eigenvalue weighted by Gasteiger charge is -2.22. The number of rotatable bonds is 1. The third-order valence-corrected chi connectivity index (χ3v) is 1.82. The van der Waals surface area contributed by atoms with Gasteiger partial charge in [0.25, 0.3) is 5.79 Å². The predicted molar refractivity (Wildman–Crippen MR) is 53.4 cm³/mol. The Morgan fingerprint density at radius 1 is 1.50 bits per heavy atom. The predicted octanol–water partition coefficient (Wildman–Crippen LogP) is 1.69. The molecule has 3 heteroatoms. The minimum absolute atomic E-state index is 0.316. The van der Waals surface area contributed by atoms with Gasteiger partial charge in [0.15, 0.2) is 5.79 Å². The molecule has 0 aromatic rings. The molecule has 1 fully saturated rings. The Morgan fingerprint density at radius 2 is 2.14 bits per heavy atom. The first-order valence-electron chi connectivity index (χ1n) is 4.47. The molecule has 0 spiro atoms. The highest BCUT2D eigenvalue weighted by molar-refractivity contribution is 5.27. The van der Waals surface area contributed by atoms with E-state index in [9.17, 15) is 0 Å². The van der Waals surface area contributed by atoms with Gasteiger partial charge in [-0.1, -0.05) is 12.5 Å². The van der Waals surface area contributed by atoms with Crippen LogP contribution in [0.15, 0.2) is 12.2 Å². The lowest BCUT2D eigenvalue weighted by molar-refractivity contribution is -0.214. The molecule has 14 heavy (non-hydrogen) atoms. The van der Waals surface area contributed by atoms with Gasteiger partial charge in [-0.25, -0.2) is 0 Å². The maximum absolute atomic E-state index is 5.58. The van der Waals surface area contributed by atoms with Gasteiger partial charge in [-0.15, -0.1) is 0 Å². The van der Waals surface area contributed by atoms with Crippen LogP contribution in [0.5, 0.6) is 0 Å². The first-order chi connectivity index (χ1) is 6.39. The molecule has 0 bridgehead atoms. The van der Waals surface area contributed by atoms with Crippen molar-refractivity contribution in [3.8, 4) is 11.8 Å². The standard InChI is InChI=1S/C11H16O3/c1-9(2)6-7-11(12-5)8-13-10(3,4)14-11/h1,8H2,2-5H3. The van der Waals surface area contributed by atoms with Crippen LogP contribution in [0.2, 0.25) is 0 Å². The molecule has 3 nitrogen and oxygen atoms in total. The smallest absolute Gasteiger partial charge is 0.260 e. The lowest BCUT2D eigenvalue weighted by atomic mass is 10.2. The SMILES string of the molecule is C=C(C)C#CC1(OC)COC(C)(C)O1. The summed E-state index contributed by atoms with van der Waals surface area (Å²) in [5, 5.41) is 0. The molecule has 0 N–H and O–H groups in total. The van der Waals surface area contributed by atoms with Gasteiger partial charge in [-0.3, -0.25) is 0 Å². The lowest BCUT2D eigenvalue weighted by Crippen LogP contribution is -2.34. The van der Waals surface area contributed by atoms with E-state index in [-0.39, 0.29) is 0 Å². The van der Waals surface area contributed by atoms with Crippen LogP contribution >= 0.6 is 0 Å². The molecule has 1 saturated heterocycles. The number of methoxy groups -OCH3 is 1. The topological polar surface area (TPSA) is 27.7 Å². The van der Waals surface area contributed by atoms with Gasteiger partial charge in [-0.2, -0.15) is 0 Å². The monoisotopic (exact) mass is 196 g/mol. The Morgan fingerprint density at radius 3 is 2.50 bits per heavy atom. The first kappa shape index (κ1) is 11.3. The zero-order valence-electron chi connectivity index (χ0n) is 9.14. The maximum Gasteiger partial charge on any atom is 0.260 e. The molecule has 0 aromatic heterocycles. The molecule has 0 aromatic carbocycles. The van der Waals surface area contributed by atoms with Crippen molar-refractivity contribution in [3.05, 3.63) is 12.2 Å². The van der Waals surface area contributed by atoms with Crippen LogP contribution in [0.25, 0.3) is 0 Å². The minimum atomic E-state index is -0.942. The quantitative estimate of drug-likeness (QED) is 0.597. The first-order valence-corrected chi connectivity index (χ1v) is 4.47. The maximum atomic E-state index is 5.58. The van der Waals surface area contributed by atoms with Crippen LogP contribution in [0.3, 0.4) is 0 Å². The highest BCUT2D eigenvalue weighted by atomic mass is 16.8. The third kappa shape index (κ3) is 2.58. The summed E-state index contributed by atoms with van der Waals surface area (Å²) in [5.41, 5.74) is 0.773. The average Bonchev–Trinajstić information content (AvgIpc) is 2.40. The van der Waals surface area contributed by atoms with Crippen LogP contribution in [0.4, 0.5) is 0 Å². The molecule has 1 aliphatic heterocycles. The van der Waals surface area contributed by atoms with Crippen molar-refractivity contribution < 1.29 is 14.2 Å². The van der Waals surface area contributed by atoms with E-state index in [1.54, 1.807) is 7.11 Å². The summed E-state index contributed by atoms with van der Waals surface area (Å²) in [5.74, 6) is 4.14. The number of hydrogen-bond donors (Lipinski definition) is 0. The fourth-order valence-electron chi connectivity index (χ4n) is 1.14. The van der Waals surface area contributed by atoms with Gasteiger partial charge < -0.3 is 14.2 Å². The van der Waals surface area contributed by atoms with E-state index in [2.05, 4.69) is 18.4 Å². The van der Waals surface area contributed by atoms with E-state index in [0.717, 1.165) is 5.57 Å². The van der Waals surface area contributed by atoms with Crippen molar-refractivity contribution in [2.24, 2.45) is 0 Å². The van der Waals surface area contributed by atoms with E-state index in [1.807, 2.05) is 20.8 Å². The molecule has 1 rings (SSSR count). The number of ether oxygens (including phenoxy) is 3. The summed E-state index contributed by atoms with van der Waals surface area (Å²) in [6.07, 6.45) is 0. The molecular formula is C11H16O3. The fourth-order valence-corrected chi connectivity index (χ4v) is 1.14. The summed E-state index contributed by atoms with van der Waals surface area (Å²) in [6.45, 7) is 9.50. The van der Waals surface area contributed by atoms with Crippen molar-refractivity contribution in [3.63, 3.8) is 0 Å². The summed E-state index contributed by atoms with van der Waals surface area (Å²) < 4.78 is 16.2. The van der Waals surface area contributed by atoms with Crippen molar-refractivity contribution in [1.82, 2.24) is 0 Å². The Balaban J connectivity index is 2.82. The van der Waals surface area contributed by atoms with Gasteiger partial charge in [0, 0.05) is 7.11 Å². The Labute approximate surface area is 85.0 Å². The van der Waals surface area contributed by atoms with E-state index in [1.165, 1.54) is 0 Å². The van der Waals surface area contributed by atoms with Crippen LogP contribution in [-0.2, 0) is 14.2 Å². The molecule has 0 saturated carbocycles. The van der Waals surface area contributed by atoms with Gasteiger partial charge >= 0.3 is 0 Å². The van der Waals surface area contributed by atoms with Crippen molar-refractivity contribution >= 4 is 0 Å². The molecule has 0 radical (unpaired) electrons. The highest BCUT2D eigenvalue weighted by Crippen LogP contribution is 2.30. The normalized spacial score (nSPS) is 29.4. The van der Waals surface area contributed by atoms with Gasteiger partial charge in [0.1, 0.15) is 6.61 Å². The van der Waals surface area contributed by atoms with E-state index in [0.29, 0.717) is 6.61 Å². The Hall–Kier alpha value is -0.820. The minimum Gasteiger partial charge on any atom is -0.344 e. The largest absolute Gasteiger partial charge is 0.344 e. The molecule has 0 amide bonds. The number of hydrogen-bond acceptors (Lipinski definition) is 3. The zero-order chi connectivity index (χ0) is 10.8. The highest BCUT2D eigenvalue weighted by Gasteiger charge is 2.45. The fraction of sp³-hybridized carbons (Fsp3) is 0.636. The van der Waals surface area contributed by atoms with Crippen LogP contribution < -0.4 is 0 Å². The van der Waals surface area contributed by atoms with Crippen LogP contribution in [0.1, 0.15) is 20.8 Å². The average molecular weight is 196 g/mol. The van der Waals surface area contributed by atoms with E-state index >= 15 is 0 Å². The summed E-state index contributed by atoms with van der Waals surface area (Å²) in [7, 11) is 1.55. The van der Waals surface area contributed by atoms with Crippen molar-refractivity contribution in [2.75, 3.05) is 13.7 Å². The summed E-state index contributed by atoms with van der Waals surface area (Å²) in [4.78, 5) is 0. The molecule has 0 aliphatic carbocycles. The molecule has 1 unspecified atom stereocenters. The second kappa shape index (κ2) is 3.74. The van der Waals surface area contributed by atoms with Gasteiger partial charge in [0.05, 0.1) is 0 Å². The van der Waals surface area contributed by atoms with Crippen LogP contribution in [0, 0.1) is 11.8 Å². The Kier molecular flexibility index (Phi) is 3.01. The van der Waals surface area contributed by atoms with Gasteiger partial charge in [-0.05, 0) is 32.3 Å². The van der Waals surface area contributed by atoms with Crippen molar-refractivity contribution in [1.29, 1.82) is 0 Å². The molecule has 78 valence electrons. The number of allylic oxidation sites excluding steroid dienone is 1. The molecular weight excluding hydrogens is 180 g/mol. The molecule has 1 heterocycles. The second-order valence-electron chi connectivity index (χ2n) is 3.78. The Bertz CT molecular complexity index is 295. The third-order valence-electron chi connectivity index (χ3n) is 1.82. The second-order valence-corrected chi connectivity index (χ2v) is 3.78. The van der Waals surface area contributed by atoms with E-state index in [4.69, 9.17) is 14.2 Å². The molecule has 1 atom stereocenters. The summed E-state index contributed by atoms with van der Waals surface area (Å²) >= 11 is 0. The van der Waals surface area contributed by atoms with Crippen LogP contribution in [-0.4, -0.2) is 25.3 Å². The van der Waals surface area contributed by atoms with E-state index < -0.39 is 11.6 Å². The zero-order valence-corrected chi connectivity index (χ0v) is 9.14. The molecule has 1 aliphatic rings. The van der Waals surface area contributed by atoms with Crippen molar-refractivity contribution in [2.45, 2.75) is 32.3 Å².